The molecule has 1 heterocycles. The molecule has 0 aliphatic carbocycles. The minimum Gasteiger partial charge on any atom is -0.497 e. The first kappa shape index (κ1) is 14.6. The summed E-state index contributed by atoms with van der Waals surface area (Å²) in [6.45, 7) is 0. The third-order valence-electron chi connectivity index (χ3n) is 2.67. The Kier molecular flexibility index (Phi) is 4.82. The summed E-state index contributed by atoms with van der Waals surface area (Å²) in [6, 6.07) is 8.83. The zero-order chi connectivity index (χ0) is 14.5. The summed E-state index contributed by atoms with van der Waals surface area (Å²) < 4.78 is 11.0. The number of methoxy groups -OCH3 is 2. The third kappa shape index (κ3) is 3.40. The van der Waals surface area contributed by atoms with E-state index < -0.39 is 0 Å². The van der Waals surface area contributed by atoms with Crippen molar-refractivity contribution in [2.75, 3.05) is 14.2 Å². The quantitative estimate of drug-likeness (QED) is 0.610. The maximum Gasteiger partial charge on any atom is 0.195 e. The lowest BCUT2D eigenvalue weighted by Crippen LogP contribution is -1.92. The summed E-state index contributed by atoms with van der Waals surface area (Å²) in [4.78, 5) is 12.6. The molecule has 0 aliphatic heterocycles. The molecule has 3 nitrogen and oxygen atoms in total. The molecule has 1 aromatic heterocycles. The van der Waals surface area contributed by atoms with Gasteiger partial charge in [-0.2, -0.15) is 0 Å². The molecule has 0 unspecified atom stereocenters. The fourth-order valence-electron chi connectivity index (χ4n) is 1.66. The first-order chi connectivity index (χ1) is 9.63. The van der Waals surface area contributed by atoms with Gasteiger partial charge in [-0.1, -0.05) is 11.6 Å². The summed E-state index contributed by atoms with van der Waals surface area (Å²) in [5, 5.41) is 0. The van der Waals surface area contributed by atoms with E-state index in [1.54, 1.807) is 44.6 Å². The molecule has 0 spiro atoms. The average Bonchev–Trinajstić information content (AvgIpc) is 2.91. The Morgan fingerprint density at radius 3 is 2.60 bits per heavy atom. The normalized spacial score (nSPS) is 10.8. The van der Waals surface area contributed by atoms with Gasteiger partial charge in [0.05, 0.1) is 23.4 Å². The van der Waals surface area contributed by atoms with Crippen molar-refractivity contribution in [3.63, 3.8) is 0 Å². The minimum atomic E-state index is -0.0910. The maximum absolute atomic E-state index is 12.0. The molecule has 0 bridgehead atoms. The Bertz CT molecular complexity index is 646. The zero-order valence-electron chi connectivity index (χ0n) is 11.1. The Balaban J connectivity index is 2.24. The van der Waals surface area contributed by atoms with E-state index in [1.165, 1.54) is 17.4 Å². The summed E-state index contributed by atoms with van der Waals surface area (Å²) in [7, 11) is 3.17. The van der Waals surface area contributed by atoms with E-state index in [0.717, 1.165) is 5.56 Å². The Morgan fingerprint density at radius 1 is 1.20 bits per heavy atom. The van der Waals surface area contributed by atoms with Gasteiger partial charge in [-0.25, -0.2) is 0 Å². The molecule has 2 aromatic rings. The Labute approximate surface area is 126 Å². The first-order valence-electron chi connectivity index (χ1n) is 5.84. The van der Waals surface area contributed by atoms with Crippen molar-refractivity contribution in [2.24, 2.45) is 0 Å². The predicted molar refractivity (Wildman–Crippen MR) is 82.2 cm³/mol. The highest BCUT2D eigenvalue weighted by atomic mass is 35.5. The second-order valence-corrected chi connectivity index (χ2v) is 5.62. The van der Waals surface area contributed by atoms with Crippen molar-refractivity contribution < 1.29 is 14.3 Å². The van der Waals surface area contributed by atoms with E-state index in [0.29, 0.717) is 20.7 Å². The second kappa shape index (κ2) is 6.59. The molecule has 0 fully saturated rings. The van der Waals surface area contributed by atoms with Gasteiger partial charge < -0.3 is 9.47 Å². The molecule has 5 heteroatoms. The molecular formula is C15H13ClO3S. The van der Waals surface area contributed by atoms with Crippen molar-refractivity contribution in [3.05, 3.63) is 51.2 Å². The van der Waals surface area contributed by atoms with Gasteiger partial charge in [-0.05, 0) is 42.5 Å². The van der Waals surface area contributed by atoms with E-state index in [1.807, 2.05) is 6.07 Å². The van der Waals surface area contributed by atoms with Crippen LogP contribution in [-0.2, 0) is 0 Å². The summed E-state index contributed by atoms with van der Waals surface area (Å²) in [5.74, 6) is 1.29. The standard InChI is InChI=1S/C15H13ClO3S/c1-18-11-4-6-13(19-2)10(9-11)3-5-12(17)14-7-8-15(16)20-14/h3-9H,1-2H3. The molecule has 104 valence electrons. The summed E-state index contributed by atoms with van der Waals surface area (Å²) >= 11 is 7.07. The predicted octanol–water partition coefficient (Wildman–Crippen LogP) is 4.31. The molecule has 0 atom stereocenters. The van der Waals surface area contributed by atoms with E-state index in [9.17, 15) is 4.79 Å². The van der Waals surface area contributed by atoms with Crippen LogP contribution in [0.4, 0.5) is 0 Å². The van der Waals surface area contributed by atoms with Crippen LogP contribution in [0.15, 0.2) is 36.4 Å². The molecule has 20 heavy (non-hydrogen) atoms. The lowest BCUT2D eigenvalue weighted by molar-refractivity contribution is 0.105. The SMILES string of the molecule is COc1ccc(OC)c(C=CC(=O)c2ccc(Cl)s2)c1. The number of ether oxygens (including phenoxy) is 2. The number of carbonyl (C=O) groups excluding carboxylic acids is 1. The number of rotatable bonds is 5. The maximum atomic E-state index is 12.0. The number of carbonyl (C=O) groups is 1. The zero-order valence-corrected chi connectivity index (χ0v) is 12.6. The summed E-state index contributed by atoms with van der Waals surface area (Å²) in [6.07, 6.45) is 3.21. The lowest BCUT2D eigenvalue weighted by atomic mass is 10.1. The fourth-order valence-corrected chi connectivity index (χ4v) is 2.63. The monoisotopic (exact) mass is 308 g/mol. The van der Waals surface area contributed by atoms with Crippen LogP contribution in [-0.4, -0.2) is 20.0 Å². The number of halogens is 1. The number of hydrogen-bond acceptors (Lipinski definition) is 4. The highest BCUT2D eigenvalue weighted by Gasteiger charge is 2.06. The fraction of sp³-hybridized carbons (Fsp3) is 0.133. The molecule has 0 aliphatic rings. The van der Waals surface area contributed by atoms with Crippen LogP contribution in [0.5, 0.6) is 11.5 Å². The highest BCUT2D eigenvalue weighted by Crippen LogP contribution is 2.26. The van der Waals surface area contributed by atoms with Crippen molar-refractivity contribution in [2.45, 2.75) is 0 Å². The third-order valence-corrected chi connectivity index (χ3v) is 3.91. The Hall–Kier alpha value is -1.78. The Morgan fingerprint density at radius 2 is 2.00 bits per heavy atom. The van der Waals surface area contributed by atoms with Crippen molar-refractivity contribution in [1.29, 1.82) is 0 Å². The van der Waals surface area contributed by atoms with E-state index in [4.69, 9.17) is 21.1 Å². The number of hydrogen-bond donors (Lipinski definition) is 0. The van der Waals surface area contributed by atoms with Crippen molar-refractivity contribution in [3.8, 4) is 11.5 Å². The van der Waals surface area contributed by atoms with Crippen LogP contribution in [0, 0.1) is 0 Å². The second-order valence-electron chi connectivity index (χ2n) is 3.91. The van der Waals surface area contributed by atoms with Crippen LogP contribution in [0.2, 0.25) is 4.34 Å². The average molecular weight is 309 g/mol. The van der Waals surface area contributed by atoms with Gasteiger partial charge in [0.2, 0.25) is 0 Å². The van der Waals surface area contributed by atoms with Crippen LogP contribution >= 0.6 is 22.9 Å². The van der Waals surface area contributed by atoms with Crippen LogP contribution in [0.1, 0.15) is 15.2 Å². The van der Waals surface area contributed by atoms with Crippen molar-refractivity contribution >= 4 is 34.8 Å². The number of ketones is 1. The minimum absolute atomic E-state index is 0.0910. The molecule has 0 saturated carbocycles. The molecule has 0 N–H and O–H groups in total. The molecule has 0 saturated heterocycles. The first-order valence-corrected chi connectivity index (χ1v) is 7.03. The van der Waals surface area contributed by atoms with Gasteiger partial charge in [0.1, 0.15) is 11.5 Å². The van der Waals surface area contributed by atoms with Crippen LogP contribution < -0.4 is 9.47 Å². The largest absolute Gasteiger partial charge is 0.497 e. The van der Waals surface area contributed by atoms with Crippen LogP contribution in [0.3, 0.4) is 0 Å². The van der Waals surface area contributed by atoms with E-state index in [2.05, 4.69) is 0 Å². The topological polar surface area (TPSA) is 35.5 Å². The molecular weight excluding hydrogens is 296 g/mol. The van der Waals surface area contributed by atoms with Crippen LogP contribution in [0.25, 0.3) is 6.08 Å². The number of benzene rings is 1. The molecule has 0 amide bonds. The van der Waals surface area contributed by atoms with Crippen molar-refractivity contribution in [1.82, 2.24) is 0 Å². The van der Waals surface area contributed by atoms with Gasteiger partial charge in [-0.15, -0.1) is 11.3 Å². The van der Waals surface area contributed by atoms with Gasteiger partial charge >= 0.3 is 0 Å². The molecule has 0 radical (unpaired) electrons. The van der Waals surface area contributed by atoms with Gasteiger partial charge in [0, 0.05) is 5.56 Å². The van der Waals surface area contributed by atoms with Gasteiger partial charge in [0.15, 0.2) is 5.78 Å². The number of allylic oxidation sites excluding steroid dienone is 1. The summed E-state index contributed by atoms with van der Waals surface area (Å²) in [5.41, 5.74) is 0.780. The molecule has 2 rings (SSSR count). The van der Waals surface area contributed by atoms with Gasteiger partial charge in [-0.3, -0.25) is 4.79 Å². The lowest BCUT2D eigenvalue weighted by Gasteiger charge is -2.06. The smallest absolute Gasteiger partial charge is 0.195 e. The van der Waals surface area contributed by atoms with Gasteiger partial charge in [0.25, 0.3) is 0 Å². The van der Waals surface area contributed by atoms with E-state index in [-0.39, 0.29) is 5.78 Å². The molecule has 1 aromatic carbocycles. The highest BCUT2D eigenvalue weighted by molar-refractivity contribution is 7.18. The number of thiophene rings is 1. The van der Waals surface area contributed by atoms with E-state index >= 15 is 0 Å².